The molecule has 3 aliphatic heterocycles. The number of nitrogens with two attached hydrogens (primary N) is 1. The minimum atomic E-state index is -0.510. The predicted molar refractivity (Wildman–Crippen MR) is 484 cm³/mol. The minimum absolute atomic E-state index is 0.0596. The van der Waals surface area contributed by atoms with Crippen LogP contribution in [0.15, 0.2) is 55.1 Å². The first-order valence-corrected chi connectivity index (χ1v) is 44.0. The zero-order valence-electron chi connectivity index (χ0n) is 76.3. The number of isocyanates is 1. The number of rotatable bonds is 17. The number of nitrogens with zero attached hydrogens (tertiary/aromatic N) is 28. The van der Waals surface area contributed by atoms with Gasteiger partial charge < -0.3 is 64.1 Å². The van der Waals surface area contributed by atoms with Gasteiger partial charge in [0.2, 0.25) is 12.0 Å². The number of carbonyl (C=O) groups excluding carboxylic acids is 4. The molecule has 0 radical (unpaired) electrons. The van der Waals surface area contributed by atoms with Crippen molar-refractivity contribution >= 4 is 97.9 Å². The Morgan fingerprint density at radius 1 is 0.456 bits per heavy atom. The van der Waals surface area contributed by atoms with Crippen molar-refractivity contribution in [3.05, 3.63) is 78.0 Å². The Labute approximate surface area is 734 Å². The Morgan fingerprint density at radius 2 is 0.784 bits per heavy atom. The molecule has 15 heterocycles. The van der Waals surface area contributed by atoms with Crippen LogP contribution in [0.5, 0.6) is 0 Å². The lowest BCUT2D eigenvalue weighted by atomic mass is 9.95. The number of ether oxygens (including phenoxy) is 2. The lowest BCUT2D eigenvalue weighted by Gasteiger charge is -2.34. The molecule has 0 bridgehead atoms. The molecule has 0 unspecified atom stereocenters. The second-order valence-corrected chi connectivity index (χ2v) is 34.1. The number of hydrogen-bond donors (Lipinski definition) is 4. The van der Waals surface area contributed by atoms with Crippen molar-refractivity contribution in [2.24, 2.45) is 38.9 Å². The number of imidazole rings is 4. The van der Waals surface area contributed by atoms with E-state index in [9.17, 15) is 14.4 Å². The van der Waals surface area contributed by atoms with E-state index in [0.29, 0.717) is 67.2 Å². The zero-order valence-corrected chi connectivity index (χ0v) is 77.1. The summed E-state index contributed by atoms with van der Waals surface area (Å²) in [5.74, 6) is 5.80. The largest absolute Gasteiger partial charge is 0.444 e. The summed E-state index contributed by atoms with van der Waals surface area (Å²) in [5, 5.41) is 28.7. The summed E-state index contributed by atoms with van der Waals surface area (Å²) in [7, 11) is 7.84. The minimum Gasteiger partial charge on any atom is -0.444 e. The van der Waals surface area contributed by atoms with Gasteiger partial charge in [0.25, 0.3) is 0 Å². The van der Waals surface area contributed by atoms with Gasteiger partial charge in [-0.3, -0.25) is 23.5 Å². The lowest BCUT2D eigenvalue weighted by Crippen LogP contribution is -2.47. The average Bonchev–Trinajstić information content (AvgIpc) is 1.64. The third-order valence-electron chi connectivity index (χ3n) is 22.4. The molecule has 12 aromatic rings. The topological polar surface area (TPSA) is 417 Å². The predicted octanol–water partition coefficient (Wildman–Crippen LogP) is 13.3. The number of aryl methyl sites for hydroxylation is 8. The highest BCUT2D eigenvalue weighted by molar-refractivity contribution is 6.33. The van der Waals surface area contributed by atoms with E-state index in [4.69, 9.17) is 46.6 Å². The van der Waals surface area contributed by atoms with Crippen LogP contribution in [0.25, 0.3) is 90.2 Å². The summed E-state index contributed by atoms with van der Waals surface area (Å²) in [4.78, 5) is 108. The van der Waals surface area contributed by atoms with Gasteiger partial charge in [-0.2, -0.15) is 20.4 Å². The van der Waals surface area contributed by atoms with Crippen LogP contribution in [0.3, 0.4) is 0 Å². The molecule has 1 aliphatic carbocycles. The fraction of sp³-hybridized carbons (Fsp3) is 0.581. The van der Waals surface area contributed by atoms with Crippen molar-refractivity contribution in [1.82, 2.24) is 132 Å². The Balaban J connectivity index is 0.000000153. The molecule has 4 aliphatic rings. The van der Waals surface area contributed by atoms with Crippen LogP contribution in [-0.2, 0) is 73.4 Å². The van der Waals surface area contributed by atoms with E-state index in [1.807, 2.05) is 157 Å². The Morgan fingerprint density at radius 3 is 1.11 bits per heavy atom. The van der Waals surface area contributed by atoms with Gasteiger partial charge in [-0.15, -0.1) is 0 Å². The van der Waals surface area contributed by atoms with Gasteiger partial charge in [0.15, 0.2) is 61.7 Å². The summed E-state index contributed by atoms with van der Waals surface area (Å²) in [5.41, 5.74) is 19.2. The molecule has 5 N–H and O–H groups in total. The van der Waals surface area contributed by atoms with Gasteiger partial charge in [-0.25, -0.2) is 79.2 Å². The van der Waals surface area contributed by atoms with E-state index in [1.54, 1.807) is 35.7 Å². The molecule has 3 saturated heterocycles. The number of halogens is 1. The molecule has 16 rings (SSSR count). The van der Waals surface area contributed by atoms with Gasteiger partial charge in [0.05, 0.1) is 47.0 Å². The van der Waals surface area contributed by atoms with Crippen molar-refractivity contribution in [3.63, 3.8) is 0 Å². The third-order valence-corrected chi connectivity index (χ3v) is 22.7. The number of hydrogen-bond acceptors (Lipinski definition) is 27. The van der Waals surface area contributed by atoms with Crippen LogP contribution in [0.2, 0.25) is 5.15 Å². The molecule has 3 atom stereocenters. The zero-order chi connectivity index (χ0) is 90.1. The van der Waals surface area contributed by atoms with Gasteiger partial charge in [0, 0.05) is 154 Å². The van der Waals surface area contributed by atoms with E-state index < -0.39 is 11.2 Å². The van der Waals surface area contributed by atoms with Crippen LogP contribution in [0, 0.1) is 27.7 Å². The molecule has 3 amide bonds. The molecule has 1 saturated carbocycles. The van der Waals surface area contributed by atoms with Crippen molar-refractivity contribution in [3.8, 4) is 45.6 Å². The maximum atomic E-state index is 12.5. The molecular formula is C86H125ClN32O6. The fourth-order valence-electron chi connectivity index (χ4n) is 15.9. The van der Waals surface area contributed by atoms with Crippen LogP contribution < -0.4 is 21.7 Å². The van der Waals surface area contributed by atoms with Gasteiger partial charge >= 0.3 is 12.2 Å². The number of nitrogens with one attached hydrogen (secondary N) is 3. The Kier molecular flexibility index (Phi) is 31.6. The standard InChI is InChI=1S/C22H32N8O2.C21H30N8O.C18H25N7.C12H13ClN6.C10H20N2O2.C3H5NO/c1-7-30-14(2)16(11-25-30)19-27-17-18(23-13-24-20(17)28(19)6)26-15-9-8-10-29(12-15)21(31)32-22(3,4)5;1-5-8-17(30)28-10-7-9-15(12-28)25-19-18-21(23-13-22-19)27(4)20(26-18)16-11-24-29(6-2)14(16)3;1-4-25-12(2)14(10-21-25)17-23-15-16(19-11-20-18(15)24(17)3)22-13-8-6-5-7-9-13;1-4-19-7(2)8(5-16-19)11-17-9-10(13)14-6-15-12(9)18(11)3;1-10(2,3)14-9(13)12-6-4-5-8(11)7-12;1-2-4-3-5/h11,13,15H,7-10,12H2,1-6H3,(H,23,24,26);11,13,15H,5-10,12H2,1-4H3,(H,22,23,25);10-11,13H,4-9H2,1-3H3,(H,19,20,22);5-6H,4H2,1-3H3;8H,4-7,11H2,1-3H3;2H2,1H3/t2*15-;;;8-;/m00..0./s1. The summed E-state index contributed by atoms with van der Waals surface area (Å²) in [6.45, 7) is 39.6. The van der Waals surface area contributed by atoms with Gasteiger partial charge in [-0.1, -0.05) is 37.8 Å². The van der Waals surface area contributed by atoms with E-state index in [0.717, 1.165) is 198 Å². The van der Waals surface area contributed by atoms with Crippen molar-refractivity contribution in [1.29, 1.82) is 0 Å². The Hall–Kier alpha value is -11.9. The molecular weight excluding hydrogens is 1610 g/mol. The highest BCUT2D eigenvalue weighted by Gasteiger charge is 2.32. The van der Waals surface area contributed by atoms with Gasteiger partial charge in [-0.05, 0) is 162 Å². The van der Waals surface area contributed by atoms with E-state index in [1.165, 1.54) is 44.5 Å². The SMILES string of the molecule is CC(C)(C)OC(=O)N1CCC[C@H](N)C1.CCCC(=O)N1CCC[C@H](Nc2ncnc3c2nc(-c2cnn(CC)c2C)n3C)C1.CCN=C=O.CCn1ncc(-c2nc3c(Cl)ncnc3n2C)c1C.CCn1ncc(-c2nc3c(NC4CCCCC4)ncnc3n2C)c1C.CCn1ncc(-c2nc3c(N[C@H]4CCCN(C(=O)OC(C)(C)C)C4)ncnc3n2C)c1C. The first kappa shape index (κ1) is 93.8. The van der Waals surface area contributed by atoms with Gasteiger partial charge in [0.1, 0.15) is 65.3 Å². The monoisotopic (exact) mass is 1740 g/mol. The van der Waals surface area contributed by atoms with Crippen LogP contribution in [-0.4, -0.2) is 237 Å². The van der Waals surface area contributed by atoms with Crippen LogP contribution in [0.4, 0.5) is 27.0 Å². The first-order chi connectivity index (χ1) is 59.8. The molecule has 125 heavy (non-hydrogen) atoms. The second-order valence-electron chi connectivity index (χ2n) is 33.7. The van der Waals surface area contributed by atoms with E-state index >= 15 is 0 Å². The summed E-state index contributed by atoms with van der Waals surface area (Å²) in [6.07, 6.45) is 28.1. The van der Waals surface area contributed by atoms with E-state index in [-0.39, 0.29) is 36.2 Å². The number of anilines is 3. The number of likely N-dealkylation sites (tertiary alicyclic amines) is 3. The first-order valence-electron chi connectivity index (χ1n) is 43.6. The van der Waals surface area contributed by atoms with Crippen molar-refractivity contribution in [2.75, 3.05) is 61.8 Å². The van der Waals surface area contributed by atoms with Crippen molar-refractivity contribution in [2.45, 2.75) is 256 Å². The number of piperidine rings is 3. The van der Waals surface area contributed by atoms with Crippen LogP contribution >= 0.6 is 11.6 Å². The molecule has 38 nitrogen and oxygen atoms in total. The molecule has 0 aromatic carbocycles. The maximum absolute atomic E-state index is 12.5. The fourth-order valence-corrected chi connectivity index (χ4v) is 16.0. The smallest absolute Gasteiger partial charge is 0.410 e. The lowest BCUT2D eigenvalue weighted by molar-refractivity contribution is -0.132. The summed E-state index contributed by atoms with van der Waals surface area (Å²) < 4.78 is 26.5. The van der Waals surface area contributed by atoms with Crippen LogP contribution in [0.1, 0.15) is 189 Å². The Bertz CT molecular complexity index is 5700. The second kappa shape index (κ2) is 42.2. The number of aromatic nitrogens is 24. The molecule has 0 spiro atoms. The van der Waals surface area contributed by atoms with E-state index in [2.05, 4.69) is 128 Å². The number of fused-ring (bicyclic) bond motifs is 4. The normalized spacial score (nSPS) is 16.2. The molecule has 672 valence electrons. The average molecular weight is 1740 g/mol. The summed E-state index contributed by atoms with van der Waals surface area (Å²) >= 11 is 6.05. The molecule has 4 fully saturated rings. The maximum Gasteiger partial charge on any atom is 0.410 e. The number of amides is 3. The third kappa shape index (κ3) is 22.6. The highest BCUT2D eigenvalue weighted by Crippen LogP contribution is 2.35. The number of aliphatic imine (C=N–C) groups is 1. The summed E-state index contributed by atoms with van der Waals surface area (Å²) in [6, 6.07) is 0.815. The molecule has 39 heteroatoms. The molecule has 12 aromatic heterocycles. The number of carbonyl (C=O) groups is 3. The van der Waals surface area contributed by atoms with Crippen molar-refractivity contribution < 1.29 is 28.7 Å². The quantitative estimate of drug-likeness (QED) is 0.0374. The highest BCUT2D eigenvalue weighted by atomic mass is 35.5.